The van der Waals surface area contributed by atoms with E-state index >= 15 is 0 Å². The molecule has 60 valence electrons. The monoisotopic (exact) mass is 164 g/mol. The second-order valence-electron chi connectivity index (χ2n) is 2.11. The molecule has 10 heavy (non-hydrogen) atoms. The summed E-state index contributed by atoms with van der Waals surface area (Å²) in [4.78, 5) is 0. The molecule has 0 bridgehead atoms. The van der Waals surface area contributed by atoms with Gasteiger partial charge in [0.05, 0.1) is 5.75 Å². The quantitative estimate of drug-likeness (QED) is 0.532. The normalized spacial score (nSPS) is 14.6. The van der Waals surface area contributed by atoms with Gasteiger partial charge in [0.25, 0.3) is 0 Å². The zero-order valence-electron chi connectivity index (χ0n) is 5.66. The Bertz CT molecular complexity index is 198. The highest BCUT2D eigenvalue weighted by Gasteiger charge is 2.08. The van der Waals surface area contributed by atoms with E-state index in [1.54, 1.807) is 6.08 Å². The third kappa shape index (κ3) is 5.74. The van der Waals surface area contributed by atoms with Crippen LogP contribution in [0.15, 0.2) is 12.7 Å². The lowest BCUT2D eigenvalue weighted by molar-refractivity contribution is 0.588. The van der Waals surface area contributed by atoms with E-state index in [1.807, 2.05) is 0 Å². The van der Waals surface area contributed by atoms with E-state index in [4.69, 9.17) is 10.9 Å². The average Bonchev–Trinajstić information content (AvgIpc) is 1.59. The molecule has 0 amide bonds. The van der Waals surface area contributed by atoms with E-state index < -0.39 is 16.1 Å². The molecule has 0 aliphatic carbocycles. The maximum atomic E-state index is 10.4. The molecule has 0 aromatic heterocycles. The molecule has 0 aliphatic heterocycles. The van der Waals surface area contributed by atoms with Gasteiger partial charge in [-0.2, -0.15) is 0 Å². The topological polar surface area (TPSA) is 86.2 Å². The number of sulfonamides is 1. The van der Waals surface area contributed by atoms with Crippen molar-refractivity contribution in [3.63, 3.8) is 0 Å². The van der Waals surface area contributed by atoms with E-state index in [2.05, 4.69) is 6.58 Å². The number of hydrogen-bond donors (Lipinski definition) is 2. The van der Waals surface area contributed by atoms with E-state index in [0.717, 1.165) is 0 Å². The van der Waals surface area contributed by atoms with Crippen LogP contribution in [0, 0.1) is 0 Å². The van der Waals surface area contributed by atoms with E-state index in [0.29, 0.717) is 6.42 Å². The van der Waals surface area contributed by atoms with Crippen molar-refractivity contribution in [1.29, 1.82) is 0 Å². The molecule has 0 saturated heterocycles. The number of nitrogens with two attached hydrogens (primary N) is 2. The molecular formula is C5H12N2O2S. The zero-order valence-corrected chi connectivity index (χ0v) is 6.47. The van der Waals surface area contributed by atoms with Gasteiger partial charge in [-0.3, -0.25) is 0 Å². The van der Waals surface area contributed by atoms with Crippen LogP contribution in [0.25, 0.3) is 0 Å². The maximum Gasteiger partial charge on any atom is 0.210 e. The lowest BCUT2D eigenvalue weighted by Crippen LogP contribution is -2.32. The molecule has 5 heteroatoms. The summed E-state index contributed by atoms with van der Waals surface area (Å²) >= 11 is 0. The highest BCUT2D eigenvalue weighted by Crippen LogP contribution is 1.91. The summed E-state index contributed by atoms with van der Waals surface area (Å²) in [5, 5.41) is 4.72. The van der Waals surface area contributed by atoms with Crippen molar-refractivity contribution in [2.24, 2.45) is 10.9 Å². The van der Waals surface area contributed by atoms with Crippen LogP contribution in [0.4, 0.5) is 0 Å². The summed E-state index contributed by atoms with van der Waals surface area (Å²) in [6.07, 6.45) is 2.03. The van der Waals surface area contributed by atoms with Gasteiger partial charge in [0, 0.05) is 6.04 Å². The van der Waals surface area contributed by atoms with Crippen LogP contribution in [0.2, 0.25) is 0 Å². The van der Waals surface area contributed by atoms with Crippen molar-refractivity contribution in [3.05, 3.63) is 12.7 Å². The molecule has 0 aromatic carbocycles. The van der Waals surface area contributed by atoms with E-state index in [9.17, 15) is 8.42 Å². The van der Waals surface area contributed by atoms with Crippen LogP contribution in [-0.2, 0) is 10.0 Å². The fraction of sp³-hybridized carbons (Fsp3) is 0.600. The Kier molecular flexibility index (Phi) is 3.55. The lowest BCUT2D eigenvalue weighted by atomic mass is 10.2. The maximum absolute atomic E-state index is 10.4. The van der Waals surface area contributed by atoms with E-state index in [1.165, 1.54) is 0 Å². The first-order chi connectivity index (χ1) is 4.45. The van der Waals surface area contributed by atoms with Crippen LogP contribution >= 0.6 is 0 Å². The van der Waals surface area contributed by atoms with Gasteiger partial charge in [-0.1, -0.05) is 6.08 Å². The Morgan fingerprint density at radius 3 is 2.40 bits per heavy atom. The molecule has 0 heterocycles. The minimum Gasteiger partial charge on any atom is -0.326 e. The van der Waals surface area contributed by atoms with Gasteiger partial charge in [-0.15, -0.1) is 6.58 Å². The predicted octanol–water partition coefficient (Wildman–Crippen LogP) is -0.822. The van der Waals surface area contributed by atoms with Crippen LogP contribution in [0.1, 0.15) is 6.42 Å². The molecule has 1 atom stereocenters. The van der Waals surface area contributed by atoms with Gasteiger partial charge < -0.3 is 5.73 Å². The fourth-order valence-electron chi connectivity index (χ4n) is 0.581. The Balaban J connectivity index is 3.80. The molecule has 4 nitrogen and oxygen atoms in total. The summed E-state index contributed by atoms with van der Waals surface area (Å²) in [5.41, 5.74) is 5.34. The van der Waals surface area contributed by atoms with Crippen molar-refractivity contribution in [1.82, 2.24) is 0 Å². The predicted molar refractivity (Wildman–Crippen MR) is 40.8 cm³/mol. The second kappa shape index (κ2) is 3.70. The molecule has 0 spiro atoms. The summed E-state index contributed by atoms with van der Waals surface area (Å²) in [6, 6.07) is -0.424. The van der Waals surface area contributed by atoms with Crippen molar-refractivity contribution < 1.29 is 8.42 Å². The number of hydrogen-bond acceptors (Lipinski definition) is 3. The largest absolute Gasteiger partial charge is 0.326 e. The number of primary sulfonamides is 1. The lowest BCUT2D eigenvalue weighted by Gasteiger charge is -2.04. The highest BCUT2D eigenvalue weighted by atomic mass is 32.2. The van der Waals surface area contributed by atoms with Gasteiger partial charge in [0.15, 0.2) is 0 Å². The molecule has 0 aliphatic rings. The first-order valence-electron chi connectivity index (χ1n) is 2.82. The Labute approximate surface area is 60.9 Å². The smallest absolute Gasteiger partial charge is 0.210 e. The molecule has 0 saturated carbocycles. The second-order valence-corrected chi connectivity index (χ2v) is 3.77. The van der Waals surface area contributed by atoms with Gasteiger partial charge in [0.2, 0.25) is 10.0 Å². The minimum absolute atomic E-state index is 0.182. The SMILES string of the molecule is C=CCC(N)CS(N)(=O)=O. The first-order valence-corrected chi connectivity index (χ1v) is 4.54. The van der Waals surface area contributed by atoms with E-state index in [-0.39, 0.29) is 5.75 Å². The first kappa shape index (κ1) is 9.61. The Morgan fingerprint density at radius 2 is 2.10 bits per heavy atom. The van der Waals surface area contributed by atoms with Crippen molar-refractivity contribution >= 4 is 10.0 Å². The van der Waals surface area contributed by atoms with Gasteiger partial charge >= 0.3 is 0 Å². The minimum atomic E-state index is -3.42. The molecule has 0 rings (SSSR count). The van der Waals surface area contributed by atoms with Crippen LogP contribution < -0.4 is 10.9 Å². The summed E-state index contributed by atoms with van der Waals surface area (Å²) in [7, 11) is -3.42. The Morgan fingerprint density at radius 1 is 1.60 bits per heavy atom. The highest BCUT2D eigenvalue weighted by molar-refractivity contribution is 7.89. The Hall–Kier alpha value is -0.390. The molecule has 0 aromatic rings. The molecule has 4 N–H and O–H groups in total. The van der Waals surface area contributed by atoms with Crippen LogP contribution in [-0.4, -0.2) is 20.2 Å². The molecular weight excluding hydrogens is 152 g/mol. The van der Waals surface area contributed by atoms with Gasteiger partial charge in [0.1, 0.15) is 0 Å². The van der Waals surface area contributed by atoms with Crippen molar-refractivity contribution in [2.75, 3.05) is 5.75 Å². The molecule has 1 unspecified atom stereocenters. The van der Waals surface area contributed by atoms with Crippen molar-refractivity contribution in [3.8, 4) is 0 Å². The van der Waals surface area contributed by atoms with Crippen molar-refractivity contribution in [2.45, 2.75) is 12.5 Å². The molecule has 0 radical (unpaired) electrons. The van der Waals surface area contributed by atoms with Gasteiger partial charge in [-0.25, -0.2) is 13.6 Å². The number of rotatable bonds is 4. The summed E-state index contributed by atoms with van der Waals surface area (Å²) < 4.78 is 20.8. The molecule has 0 fully saturated rings. The standard InChI is InChI=1S/C5H12N2O2S/c1-2-3-5(6)4-10(7,8)9/h2,5H,1,3-4,6H2,(H2,7,8,9). The fourth-order valence-corrected chi connectivity index (χ4v) is 1.31. The van der Waals surface area contributed by atoms with Crippen LogP contribution in [0.3, 0.4) is 0 Å². The summed E-state index contributed by atoms with van der Waals surface area (Å²) in [6.45, 7) is 3.42. The average molecular weight is 164 g/mol. The summed E-state index contributed by atoms with van der Waals surface area (Å²) in [5.74, 6) is -0.182. The third-order valence-electron chi connectivity index (χ3n) is 0.916. The van der Waals surface area contributed by atoms with Gasteiger partial charge in [-0.05, 0) is 6.42 Å². The third-order valence-corrected chi connectivity index (χ3v) is 1.81. The zero-order chi connectivity index (χ0) is 8.20. The van der Waals surface area contributed by atoms with Crippen LogP contribution in [0.5, 0.6) is 0 Å².